The summed E-state index contributed by atoms with van der Waals surface area (Å²) in [5.41, 5.74) is 4.01. The maximum Gasteiger partial charge on any atom is 0.227 e. The molecule has 7 nitrogen and oxygen atoms in total. The van der Waals surface area contributed by atoms with Gasteiger partial charge >= 0.3 is 0 Å². The fraction of sp³-hybridized carbons (Fsp3) is 0.333. The van der Waals surface area contributed by atoms with Gasteiger partial charge in [0.05, 0.1) is 17.1 Å². The summed E-state index contributed by atoms with van der Waals surface area (Å²) in [6, 6.07) is 15.4. The molecular formula is C27H29N5O2. The van der Waals surface area contributed by atoms with Gasteiger partial charge in [-0.3, -0.25) is 9.78 Å². The number of Topliss-reactive ketones (excluding diaryl/α,β-unsaturated/α-hetero) is 1. The van der Waals surface area contributed by atoms with Gasteiger partial charge < -0.3 is 15.0 Å². The monoisotopic (exact) mass is 455 g/mol. The van der Waals surface area contributed by atoms with Crippen molar-refractivity contribution in [2.75, 3.05) is 18.5 Å². The molecule has 0 bridgehead atoms. The molecule has 2 N–H and O–H groups in total. The van der Waals surface area contributed by atoms with E-state index in [1.54, 1.807) is 12.4 Å². The topological polar surface area (TPSA) is 92.8 Å². The summed E-state index contributed by atoms with van der Waals surface area (Å²) >= 11 is 0. The Morgan fingerprint density at radius 1 is 1.09 bits per heavy atom. The molecule has 4 heterocycles. The second-order valence-corrected chi connectivity index (χ2v) is 9.11. The van der Waals surface area contributed by atoms with Crippen molar-refractivity contribution in [2.45, 2.75) is 32.6 Å². The fourth-order valence-corrected chi connectivity index (χ4v) is 4.63. The number of benzene rings is 1. The van der Waals surface area contributed by atoms with Crippen LogP contribution in [0.2, 0.25) is 0 Å². The Balaban J connectivity index is 1.26. The number of anilines is 2. The van der Waals surface area contributed by atoms with Crippen molar-refractivity contribution in [1.29, 1.82) is 0 Å². The van der Waals surface area contributed by atoms with Gasteiger partial charge in [-0.25, -0.2) is 9.97 Å². The highest BCUT2D eigenvalue weighted by Crippen LogP contribution is 2.27. The molecule has 174 valence electrons. The minimum absolute atomic E-state index is 0.164. The van der Waals surface area contributed by atoms with Crippen molar-refractivity contribution in [3.05, 3.63) is 66.6 Å². The van der Waals surface area contributed by atoms with Crippen LogP contribution < -0.4 is 5.32 Å². The predicted molar refractivity (Wildman–Crippen MR) is 133 cm³/mol. The number of pyridine rings is 1. The van der Waals surface area contributed by atoms with Crippen molar-refractivity contribution in [3.8, 4) is 11.4 Å². The molecule has 1 aliphatic rings. The lowest BCUT2D eigenvalue weighted by Gasteiger charge is -2.24. The van der Waals surface area contributed by atoms with Gasteiger partial charge in [-0.1, -0.05) is 13.0 Å². The standard InChI is InChI=1S/C27H29N5O2/c1-18(14-19-8-12-34-13-9-19)15-26(33)25-17-20-16-21(5-6-22(20)31-25)30-27-29-11-7-24(32-27)23-4-2-3-10-28-23/h2-7,10-11,16-19,31H,8-9,12-15H2,1H3,(H,29,30,32). The predicted octanol–water partition coefficient (Wildman–Crippen LogP) is 5.79. The van der Waals surface area contributed by atoms with Crippen LogP contribution in [0.3, 0.4) is 0 Å². The molecule has 1 saturated heterocycles. The van der Waals surface area contributed by atoms with Crippen LogP contribution in [0.25, 0.3) is 22.3 Å². The van der Waals surface area contributed by atoms with Crippen molar-refractivity contribution in [2.24, 2.45) is 11.8 Å². The average Bonchev–Trinajstić information content (AvgIpc) is 3.29. The van der Waals surface area contributed by atoms with Crippen molar-refractivity contribution in [3.63, 3.8) is 0 Å². The van der Waals surface area contributed by atoms with Crippen LogP contribution in [0.1, 0.15) is 43.1 Å². The highest BCUT2D eigenvalue weighted by atomic mass is 16.5. The highest BCUT2D eigenvalue weighted by molar-refractivity contribution is 6.00. The number of aromatic amines is 1. The van der Waals surface area contributed by atoms with Gasteiger partial charge in [0.25, 0.3) is 0 Å². The van der Waals surface area contributed by atoms with Crippen LogP contribution in [0.4, 0.5) is 11.6 Å². The Kier molecular flexibility index (Phi) is 6.62. The third kappa shape index (κ3) is 5.31. The van der Waals surface area contributed by atoms with Crippen LogP contribution in [0.15, 0.2) is 60.9 Å². The van der Waals surface area contributed by atoms with Crippen LogP contribution in [-0.4, -0.2) is 38.9 Å². The second-order valence-electron chi connectivity index (χ2n) is 9.11. The van der Waals surface area contributed by atoms with E-state index in [2.05, 4.69) is 32.2 Å². The molecule has 0 saturated carbocycles. The molecule has 0 radical (unpaired) electrons. The number of ketones is 1. The zero-order chi connectivity index (χ0) is 23.3. The normalized spacial score (nSPS) is 15.3. The Labute approximate surface area is 199 Å². The minimum Gasteiger partial charge on any atom is -0.381 e. The van der Waals surface area contributed by atoms with E-state index in [4.69, 9.17) is 4.74 Å². The van der Waals surface area contributed by atoms with E-state index in [9.17, 15) is 4.79 Å². The number of carbonyl (C=O) groups excluding carboxylic acids is 1. The van der Waals surface area contributed by atoms with Gasteiger partial charge in [-0.05, 0) is 73.6 Å². The molecule has 1 fully saturated rings. The zero-order valence-corrected chi connectivity index (χ0v) is 19.3. The molecule has 1 aromatic carbocycles. The first-order valence-corrected chi connectivity index (χ1v) is 11.9. The molecule has 1 unspecified atom stereocenters. The van der Waals surface area contributed by atoms with Crippen LogP contribution in [0.5, 0.6) is 0 Å². The smallest absolute Gasteiger partial charge is 0.227 e. The van der Waals surface area contributed by atoms with E-state index in [-0.39, 0.29) is 5.78 Å². The second kappa shape index (κ2) is 10.1. The summed E-state index contributed by atoms with van der Waals surface area (Å²) in [6.45, 7) is 3.88. The number of hydrogen-bond donors (Lipinski definition) is 2. The maximum atomic E-state index is 12.9. The van der Waals surface area contributed by atoms with Crippen molar-refractivity contribution in [1.82, 2.24) is 19.9 Å². The van der Waals surface area contributed by atoms with E-state index in [0.29, 0.717) is 29.9 Å². The molecule has 7 heteroatoms. The number of ether oxygens (including phenoxy) is 1. The molecule has 3 aromatic heterocycles. The molecule has 1 atom stereocenters. The lowest BCUT2D eigenvalue weighted by molar-refractivity contribution is 0.0585. The summed E-state index contributed by atoms with van der Waals surface area (Å²) in [6.07, 6.45) is 7.32. The molecule has 0 amide bonds. The van der Waals surface area contributed by atoms with Gasteiger partial charge in [0.15, 0.2) is 5.78 Å². The highest BCUT2D eigenvalue weighted by Gasteiger charge is 2.20. The van der Waals surface area contributed by atoms with Gasteiger partial charge in [0.2, 0.25) is 5.95 Å². The van der Waals surface area contributed by atoms with E-state index in [0.717, 1.165) is 60.5 Å². The number of aromatic nitrogens is 4. The number of nitrogens with zero attached hydrogens (tertiary/aromatic N) is 3. The van der Waals surface area contributed by atoms with Gasteiger partial charge in [0, 0.05) is 48.6 Å². The minimum atomic E-state index is 0.164. The Bertz CT molecular complexity index is 1260. The first-order chi connectivity index (χ1) is 16.6. The van der Waals surface area contributed by atoms with Crippen LogP contribution in [-0.2, 0) is 4.74 Å². The Morgan fingerprint density at radius 3 is 2.79 bits per heavy atom. The fourth-order valence-electron chi connectivity index (χ4n) is 4.63. The quantitative estimate of drug-likeness (QED) is 0.327. The number of fused-ring (bicyclic) bond motifs is 1. The van der Waals surface area contributed by atoms with E-state index in [1.165, 1.54) is 0 Å². The average molecular weight is 456 g/mol. The largest absolute Gasteiger partial charge is 0.381 e. The first kappa shape index (κ1) is 22.2. The van der Waals surface area contributed by atoms with E-state index >= 15 is 0 Å². The number of hydrogen-bond acceptors (Lipinski definition) is 6. The summed E-state index contributed by atoms with van der Waals surface area (Å²) < 4.78 is 5.45. The summed E-state index contributed by atoms with van der Waals surface area (Å²) in [5.74, 6) is 1.70. The van der Waals surface area contributed by atoms with E-state index < -0.39 is 0 Å². The summed E-state index contributed by atoms with van der Waals surface area (Å²) in [7, 11) is 0. The molecule has 0 aliphatic carbocycles. The third-order valence-corrected chi connectivity index (χ3v) is 6.37. The summed E-state index contributed by atoms with van der Waals surface area (Å²) in [4.78, 5) is 29.5. The molecule has 4 aromatic rings. The van der Waals surface area contributed by atoms with Crippen LogP contribution >= 0.6 is 0 Å². The lowest BCUT2D eigenvalue weighted by Crippen LogP contribution is -2.19. The zero-order valence-electron chi connectivity index (χ0n) is 19.3. The number of carbonyl (C=O) groups is 1. The Morgan fingerprint density at radius 2 is 1.97 bits per heavy atom. The van der Waals surface area contributed by atoms with Crippen molar-refractivity contribution < 1.29 is 9.53 Å². The van der Waals surface area contributed by atoms with Gasteiger partial charge in [-0.15, -0.1) is 0 Å². The molecule has 5 rings (SSSR count). The molecule has 0 spiro atoms. The number of H-pyrrole nitrogens is 1. The Hall–Kier alpha value is -3.58. The first-order valence-electron chi connectivity index (χ1n) is 11.9. The van der Waals surface area contributed by atoms with Crippen LogP contribution in [0, 0.1) is 11.8 Å². The number of rotatable bonds is 8. The molecule has 34 heavy (non-hydrogen) atoms. The van der Waals surface area contributed by atoms with Gasteiger partial charge in [-0.2, -0.15) is 0 Å². The third-order valence-electron chi connectivity index (χ3n) is 6.37. The summed E-state index contributed by atoms with van der Waals surface area (Å²) in [5, 5.41) is 4.24. The lowest BCUT2D eigenvalue weighted by atomic mass is 9.87. The molecule has 1 aliphatic heterocycles. The maximum absolute atomic E-state index is 12.9. The van der Waals surface area contributed by atoms with Crippen molar-refractivity contribution >= 4 is 28.3 Å². The number of nitrogens with one attached hydrogen (secondary N) is 2. The molecular weight excluding hydrogens is 426 g/mol. The van der Waals surface area contributed by atoms with E-state index in [1.807, 2.05) is 48.5 Å². The SMILES string of the molecule is CC(CC(=O)c1cc2cc(Nc3nccc(-c4ccccn4)n3)ccc2[nH]1)CC1CCOCC1. The van der Waals surface area contributed by atoms with Gasteiger partial charge in [0.1, 0.15) is 0 Å².